The third-order valence-electron chi connectivity index (χ3n) is 2.85. The van der Waals surface area contributed by atoms with Gasteiger partial charge in [0.05, 0.1) is 21.3 Å². The summed E-state index contributed by atoms with van der Waals surface area (Å²) < 4.78 is 15.9. The molecule has 0 spiro atoms. The van der Waals surface area contributed by atoms with Crippen molar-refractivity contribution in [1.82, 2.24) is 4.98 Å². The average Bonchev–Trinajstić information content (AvgIpc) is 2.54. The maximum absolute atomic E-state index is 5.36. The largest absolute Gasteiger partial charge is 0.493 e. The van der Waals surface area contributed by atoms with Gasteiger partial charge in [-0.15, -0.1) is 0 Å². The molecule has 2 rings (SSSR count). The molecular weight excluding hydrogens is 288 g/mol. The maximum Gasteiger partial charge on any atom is 0.203 e. The number of thiocarbonyl (C=S) groups is 1. The standard InChI is InChI=1S/C15H16N2O3S/c1-18-12-7-11(8-13(19-2)14(12)20-3)17-15(21)10-5-4-6-16-9-10/h4-9H,1-3H3,(H,17,21). The number of methoxy groups -OCH3 is 3. The number of benzene rings is 1. The second kappa shape index (κ2) is 6.90. The molecule has 21 heavy (non-hydrogen) atoms. The van der Waals surface area contributed by atoms with Gasteiger partial charge in [-0.1, -0.05) is 12.2 Å². The molecule has 0 aliphatic rings. The molecule has 0 saturated carbocycles. The Morgan fingerprint density at radius 1 is 1.10 bits per heavy atom. The molecule has 110 valence electrons. The number of nitrogens with one attached hydrogen (secondary N) is 1. The first-order chi connectivity index (χ1) is 10.2. The van der Waals surface area contributed by atoms with Gasteiger partial charge in [-0.2, -0.15) is 0 Å². The van der Waals surface area contributed by atoms with E-state index in [0.717, 1.165) is 11.3 Å². The topological polar surface area (TPSA) is 52.6 Å². The minimum atomic E-state index is 0.540. The smallest absolute Gasteiger partial charge is 0.203 e. The normalized spacial score (nSPS) is 9.86. The SMILES string of the molecule is COc1cc(NC(=S)c2cccnc2)cc(OC)c1OC. The van der Waals surface area contributed by atoms with E-state index in [1.54, 1.807) is 45.9 Å². The molecule has 0 unspecified atom stereocenters. The van der Waals surface area contributed by atoms with Crippen LogP contribution in [0.2, 0.25) is 0 Å². The zero-order valence-electron chi connectivity index (χ0n) is 12.0. The third-order valence-corrected chi connectivity index (χ3v) is 3.18. The molecule has 0 bridgehead atoms. The molecule has 2 aromatic rings. The highest BCUT2D eigenvalue weighted by molar-refractivity contribution is 7.81. The van der Waals surface area contributed by atoms with Crippen LogP contribution in [0, 0.1) is 0 Å². The lowest BCUT2D eigenvalue weighted by atomic mass is 10.2. The molecule has 5 nitrogen and oxygen atoms in total. The number of rotatable bonds is 5. The minimum Gasteiger partial charge on any atom is -0.493 e. The van der Waals surface area contributed by atoms with E-state index >= 15 is 0 Å². The Morgan fingerprint density at radius 2 is 1.76 bits per heavy atom. The summed E-state index contributed by atoms with van der Waals surface area (Å²) in [6.45, 7) is 0. The first-order valence-electron chi connectivity index (χ1n) is 6.21. The van der Waals surface area contributed by atoms with Crippen molar-refractivity contribution in [3.8, 4) is 17.2 Å². The number of aromatic nitrogens is 1. The fraction of sp³-hybridized carbons (Fsp3) is 0.200. The molecule has 0 aliphatic heterocycles. The fourth-order valence-electron chi connectivity index (χ4n) is 1.85. The first kappa shape index (κ1) is 15.1. The van der Waals surface area contributed by atoms with Gasteiger partial charge in [-0.3, -0.25) is 4.98 Å². The molecule has 1 aromatic heterocycles. The van der Waals surface area contributed by atoms with Crippen LogP contribution in [0.25, 0.3) is 0 Å². The van der Waals surface area contributed by atoms with Gasteiger partial charge in [0, 0.05) is 35.8 Å². The zero-order chi connectivity index (χ0) is 15.2. The van der Waals surface area contributed by atoms with Crippen LogP contribution >= 0.6 is 12.2 Å². The molecule has 1 heterocycles. The van der Waals surface area contributed by atoms with Gasteiger partial charge in [0.1, 0.15) is 4.99 Å². The van der Waals surface area contributed by atoms with Gasteiger partial charge in [0.15, 0.2) is 11.5 Å². The van der Waals surface area contributed by atoms with Crippen LogP contribution in [0.3, 0.4) is 0 Å². The Bertz CT molecular complexity index is 607. The quantitative estimate of drug-likeness (QED) is 0.857. The predicted molar refractivity (Wildman–Crippen MR) is 85.7 cm³/mol. The first-order valence-corrected chi connectivity index (χ1v) is 6.61. The highest BCUT2D eigenvalue weighted by atomic mass is 32.1. The van der Waals surface area contributed by atoms with E-state index in [4.69, 9.17) is 26.4 Å². The zero-order valence-corrected chi connectivity index (χ0v) is 12.9. The van der Waals surface area contributed by atoms with E-state index in [2.05, 4.69) is 10.3 Å². The Kier molecular flexibility index (Phi) is 4.94. The summed E-state index contributed by atoms with van der Waals surface area (Å²) in [6.07, 6.45) is 3.40. The monoisotopic (exact) mass is 304 g/mol. The Morgan fingerprint density at radius 3 is 2.24 bits per heavy atom. The second-order valence-corrected chi connectivity index (χ2v) is 4.52. The van der Waals surface area contributed by atoms with E-state index < -0.39 is 0 Å². The predicted octanol–water partition coefficient (Wildman–Crippen LogP) is 2.90. The van der Waals surface area contributed by atoms with Crippen molar-refractivity contribution in [2.45, 2.75) is 0 Å². The number of pyridine rings is 1. The highest BCUT2D eigenvalue weighted by Crippen LogP contribution is 2.40. The van der Waals surface area contributed by atoms with Crippen LogP contribution < -0.4 is 19.5 Å². The Balaban J connectivity index is 2.30. The number of ether oxygens (including phenoxy) is 3. The van der Waals surface area contributed by atoms with Crippen LogP contribution in [-0.2, 0) is 0 Å². The Hall–Kier alpha value is -2.34. The van der Waals surface area contributed by atoms with Gasteiger partial charge in [0.25, 0.3) is 0 Å². The lowest BCUT2D eigenvalue weighted by Gasteiger charge is -2.15. The molecule has 1 N–H and O–H groups in total. The average molecular weight is 304 g/mol. The van der Waals surface area contributed by atoms with Crippen LogP contribution in [0.15, 0.2) is 36.7 Å². The summed E-state index contributed by atoms with van der Waals surface area (Å²) in [6, 6.07) is 7.31. The molecule has 0 saturated heterocycles. The summed E-state index contributed by atoms with van der Waals surface area (Å²) in [5.74, 6) is 1.67. The summed E-state index contributed by atoms with van der Waals surface area (Å²) in [5, 5.41) is 3.13. The van der Waals surface area contributed by atoms with Crippen LogP contribution in [-0.4, -0.2) is 31.3 Å². The van der Waals surface area contributed by atoms with Gasteiger partial charge in [-0.25, -0.2) is 0 Å². The van der Waals surface area contributed by atoms with Crippen LogP contribution in [0.5, 0.6) is 17.2 Å². The molecule has 6 heteroatoms. The van der Waals surface area contributed by atoms with Crippen molar-refractivity contribution in [3.63, 3.8) is 0 Å². The van der Waals surface area contributed by atoms with E-state index in [9.17, 15) is 0 Å². The number of nitrogens with zero attached hydrogens (tertiary/aromatic N) is 1. The highest BCUT2D eigenvalue weighted by Gasteiger charge is 2.14. The lowest BCUT2D eigenvalue weighted by Crippen LogP contribution is -2.11. The minimum absolute atomic E-state index is 0.540. The van der Waals surface area contributed by atoms with Crippen molar-refractivity contribution in [1.29, 1.82) is 0 Å². The summed E-state index contributed by atoms with van der Waals surface area (Å²) >= 11 is 5.36. The fourth-order valence-corrected chi connectivity index (χ4v) is 2.09. The summed E-state index contributed by atoms with van der Waals surface area (Å²) in [4.78, 5) is 4.61. The van der Waals surface area contributed by atoms with Crippen LogP contribution in [0.4, 0.5) is 5.69 Å². The van der Waals surface area contributed by atoms with Crippen LogP contribution in [0.1, 0.15) is 5.56 Å². The molecule has 0 amide bonds. The molecule has 0 aliphatic carbocycles. The third kappa shape index (κ3) is 3.41. The molecule has 1 aromatic carbocycles. The van der Waals surface area contributed by atoms with E-state index in [1.807, 2.05) is 12.1 Å². The summed E-state index contributed by atoms with van der Waals surface area (Å²) in [7, 11) is 4.70. The van der Waals surface area contributed by atoms with Crippen molar-refractivity contribution >= 4 is 22.9 Å². The summed E-state index contributed by atoms with van der Waals surface area (Å²) in [5.41, 5.74) is 1.58. The van der Waals surface area contributed by atoms with Crippen molar-refractivity contribution in [3.05, 3.63) is 42.2 Å². The van der Waals surface area contributed by atoms with Gasteiger partial charge >= 0.3 is 0 Å². The number of hydrogen-bond donors (Lipinski definition) is 1. The van der Waals surface area contributed by atoms with Gasteiger partial charge in [0.2, 0.25) is 5.75 Å². The molecule has 0 fully saturated rings. The van der Waals surface area contributed by atoms with Gasteiger partial charge < -0.3 is 19.5 Å². The molecular formula is C15H16N2O3S. The Labute approximate surface area is 128 Å². The molecule has 0 atom stereocenters. The molecule has 0 radical (unpaired) electrons. The lowest BCUT2D eigenvalue weighted by molar-refractivity contribution is 0.324. The second-order valence-electron chi connectivity index (χ2n) is 4.11. The van der Waals surface area contributed by atoms with Crippen molar-refractivity contribution in [2.24, 2.45) is 0 Å². The van der Waals surface area contributed by atoms with Gasteiger partial charge in [-0.05, 0) is 12.1 Å². The maximum atomic E-state index is 5.36. The van der Waals surface area contributed by atoms with Crippen molar-refractivity contribution in [2.75, 3.05) is 26.6 Å². The van der Waals surface area contributed by atoms with E-state index in [-0.39, 0.29) is 0 Å². The van der Waals surface area contributed by atoms with Crippen molar-refractivity contribution < 1.29 is 14.2 Å². The van der Waals surface area contributed by atoms with E-state index in [0.29, 0.717) is 22.2 Å². The van der Waals surface area contributed by atoms with E-state index in [1.165, 1.54) is 0 Å². The number of hydrogen-bond acceptors (Lipinski definition) is 5. The number of anilines is 1.